The van der Waals surface area contributed by atoms with Crippen molar-refractivity contribution in [2.75, 3.05) is 5.43 Å². The van der Waals surface area contributed by atoms with E-state index in [0.717, 1.165) is 10.4 Å². The number of benzene rings is 2. The van der Waals surface area contributed by atoms with Gasteiger partial charge in [-0.2, -0.15) is 4.68 Å². The normalized spacial score (nSPS) is 11.6. The van der Waals surface area contributed by atoms with Gasteiger partial charge in [-0.05, 0) is 46.7 Å². The molecular formula is C23H21N3O2S. The number of fused-ring (bicyclic) bond motifs is 1. The average Bonchev–Trinajstić information content (AvgIpc) is 3.24. The number of hydrogen-bond acceptors (Lipinski definition) is 4. The van der Waals surface area contributed by atoms with E-state index in [1.807, 2.05) is 35.7 Å². The molecule has 0 fully saturated rings. The molecule has 1 N–H and O–H groups in total. The lowest BCUT2D eigenvalue weighted by Crippen LogP contribution is -2.35. The molecule has 29 heavy (non-hydrogen) atoms. The van der Waals surface area contributed by atoms with E-state index >= 15 is 0 Å². The Kier molecular flexibility index (Phi) is 4.80. The zero-order chi connectivity index (χ0) is 20.6. The second-order valence-corrected chi connectivity index (χ2v) is 8.79. The third-order valence-corrected chi connectivity index (χ3v) is 5.61. The molecule has 0 radical (unpaired) electrons. The van der Waals surface area contributed by atoms with Gasteiger partial charge in [-0.3, -0.25) is 15.0 Å². The van der Waals surface area contributed by atoms with Gasteiger partial charge in [0, 0.05) is 5.56 Å². The van der Waals surface area contributed by atoms with Crippen molar-refractivity contribution in [3.05, 3.63) is 87.5 Å². The van der Waals surface area contributed by atoms with Crippen LogP contribution >= 0.6 is 11.3 Å². The third-order valence-electron chi connectivity index (χ3n) is 4.74. The summed E-state index contributed by atoms with van der Waals surface area (Å²) in [7, 11) is 0. The summed E-state index contributed by atoms with van der Waals surface area (Å²) in [4.78, 5) is 31.4. The van der Waals surface area contributed by atoms with Gasteiger partial charge in [0.25, 0.3) is 11.5 Å². The summed E-state index contributed by atoms with van der Waals surface area (Å²) < 4.78 is 1.24. The zero-order valence-electron chi connectivity index (χ0n) is 16.5. The number of nitrogens with one attached hydrogen (secondary N) is 1. The molecule has 0 aliphatic heterocycles. The number of rotatable bonds is 3. The fourth-order valence-corrected chi connectivity index (χ4v) is 3.80. The predicted octanol–water partition coefficient (Wildman–Crippen LogP) is 4.81. The molecule has 0 spiro atoms. The fourth-order valence-electron chi connectivity index (χ4n) is 3.10. The molecule has 2 heterocycles. The molecule has 4 aromatic rings. The Bertz CT molecular complexity index is 1230. The van der Waals surface area contributed by atoms with Crippen LogP contribution in [0.5, 0.6) is 0 Å². The van der Waals surface area contributed by atoms with Gasteiger partial charge >= 0.3 is 0 Å². The zero-order valence-corrected chi connectivity index (χ0v) is 17.3. The Balaban J connectivity index is 1.77. The van der Waals surface area contributed by atoms with Crippen molar-refractivity contribution >= 4 is 28.1 Å². The number of carbonyl (C=O) groups is 1. The first-order valence-electron chi connectivity index (χ1n) is 9.32. The maximum Gasteiger partial charge on any atom is 0.280 e. The number of thiophene rings is 1. The van der Waals surface area contributed by atoms with E-state index in [0.29, 0.717) is 22.3 Å². The second-order valence-electron chi connectivity index (χ2n) is 7.84. The molecule has 2 aromatic heterocycles. The van der Waals surface area contributed by atoms with Gasteiger partial charge in [-0.1, -0.05) is 51.1 Å². The van der Waals surface area contributed by atoms with E-state index < -0.39 is 0 Å². The van der Waals surface area contributed by atoms with Crippen molar-refractivity contribution in [2.24, 2.45) is 0 Å². The lowest BCUT2D eigenvalue weighted by Gasteiger charge is -2.19. The number of para-hydroxylation sites is 1. The quantitative estimate of drug-likeness (QED) is 0.534. The van der Waals surface area contributed by atoms with Gasteiger partial charge in [0.2, 0.25) is 0 Å². The van der Waals surface area contributed by atoms with Crippen LogP contribution in [0.1, 0.15) is 36.7 Å². The SMILES string of the molecule is CC(C)(C)c1ccc(C(=O)Nn2c(-c3cccs3)nc3ccccc3c2=O)cc1. The minimum Gasteiger partial charge on any atom is -0.267 e. The minimum atomic E-state index is -0.359. The van der Waals surface area contributed by atoms with Crippen LogP contribution in [0.15, 0.2) is 70.8 Å². The van der Waals surface area contributed by atoms with Crippen molar-refractivity contribution in [2.45, 2.75) is 26.2 Å². The Labute approximate surface area is 172 Å². The second kappa shape index (κ2) is 7.29. The van der Waals surface area contributed by atoms with Gasteiger partial charge in [-0.15, -0.1) is 11.3 Å². The van der Waals surface area contributed by atoms with Gasteiger partial charge in [0.1, 0.15) is 0 Å². The molecule has 0 atom stereocenters. The minimum absolute atomic E-state index is 0.000546. The topological polar surface area (TPSA) is 64.0 Å². The lowest BCUT2D eigenvalue weighted by atomic mass is 9.87. The first-order chi connectivity index (χ1) is 13.8. The molecule has 4 rings (SSSR count). The smallest absolute Gasteiger partial charge is 0.267 e. The Hall–Kier alpha value is -3.25. The molecule has 5 nitrogen and oxygen atoms in total. The Morgan fingerprint density at radius 1 is 1.00 bits per heavy atom. The summed E-state index contributed by atoms with van der Waals surface area (Å²) in [5.41, 5.74) is 4.65. The summed E-state index contributed by atoms with van der Waals surface area (Å²) in [5, 5.41) is 2.37. The van der Waals surface area contributed by atoms with Crippen LogP contribution in [0.4, 0.5) is 0 Å². The van der Waals surface area contributed by atoms with Crippen LogP contribution in [0.25, 0.3) is 21.6 Å². The van der Waals surface area contributed by atoms with Crippen molar-refractivity contribution < 1.29 is 4.79 Å². The molecular weight excluding hydrogens is 382 g/mol. The summed E-state index contributed by atoms with van der Waals surface area (Å²) >= 11 is 1.46. The van der Waals surface area contributed by atoms with Crippen LogP contribution < -0.4 is 11.0 Å². The highest BCUT2D eigenvalue weighted by molar-refractivity contribution is 7.13. The van der Waals surface area contributed by atoms with Crippen LogP contribution in [0, 0.1) is 0 Å². The van der Waals surface area contributed by atoms with Crippen molar-refractivity contribution in [1.82, 2.24) is 9.66 Å². The van der Waals surface area contributed by atoms with Crippen LogP contribution in [0.3, 0.4) is 0 Å². The number of aromatic nitrogens is 2. The van der Waals surface area contributed by atoms with E-state index in [1.165, 1.54) is 16.0 Å². The predicted molar refractivity (Wildman–Crippen MR) is 118 cm³/mol. The van der Waals surface area contributed by atoms with Gasteiger partial charge in [0.05, 0.1) is 15.8 Å². The summed E-state index contributed by atoms with van der Waals surface area (Å²) in [6.45, 7) is 6.36. The highest BCUT2D eigenvalue weighted by Gasteiger charge is 2.18. The monoisotopic (exact) mass is 403 g/mol. The largest absolute Gasteiger partial charge is 0.280 e. The molecule has 0 saturated carbocycles. The molecule has 2 aromatic carbocycles. The summed E-state index contributed by atoms with van der Waals surface area (Å²) in [5.74, 6) is 0.0609. The molecule has 0 saturated heterocycles. The van der Waals surface area contributed by atoms with Crippen LogP contribution in [-0.4, -0.2) is 15.6 Å². The highest BCUT2D eigenvalue weighted by Crippen LogP contribution is 2.24. The summed E-state index contributed by atoms with van der Waals surface area (Å²) in [6.07, 6.45) is 0. The van der Waals surface area contributed by atoms with Gasteiger partial charge in [-0.25, -0.2) is 4.98 Å². The molecule has 1 amide bonds. The molecule has 0 aliphatic carbocycles. The van der Waals surface area contributed by atoms with Crippen molar-refractivity contribution in [3.8, 4) is 10.7 Å². The van der Waals surface area contributed by atoms with E-state index in [1.54, 1.807) is 30.3 Å². The van der Waals surface area contributed by atoms with Gasteiger partial charge < -0.3 is 0 Å². The first kappa shape index (κ1) is 19.1. The Morgan fingerprint density at radius 2 is 1.72 bits per heavy atom. The standard InChI is InChI=1S/C23H21N3O2S/c1-23(2,3)16-12-10-15(11-13-16)21(27)25-26-20(19-9-6-14-29-19)24-18-8-5-4-7-17(18)22(26)28/h4-14H,1-3H3,(H,25,27). The molecule has 0 bridgehead atoms. The van der Waals surface area contributed by atoms with Crippen LogP contribution in [-0.2, 0) is 5.41 Å². The molecule has 6 heteroatoms. The molecule has 0 unspecified atom stereocenters. The number of nitrogens with zero attached hydrogens (tertiary/aromatic N) is 2. The number of carbonyl (C=O) groups excluding carboxylic acids is 1. The van der Waals surface area contributed by atoms with Crippen molar-refractivity contribution in [3.63, 3.8) is 0 Å². The average molecular weight is 404 g/mol. The van der Waals surface area contributed by atoms with Crippen molar-refractivity contribution in [1.29, 1.82) is 0 Å². The first-order valence-corrected chi connectivity index (χ1v) is 10.2. The lowest BCUT2D eigenvalue weighted by molar-refractivity contribution is 0.101. The maximum absolute atomic E-state index is 13.1. The van der Waals surface area contributed by atoms with E-state index in [-0.39, 0.29) is 16.9 Å². The van der Waals surface area contributed by atoms with E-state index in [9.17, 15) is 9.59 Å². The fraction of sp³-hybridized carbons (Fsp3) is 0.174. The third kappa shape index (κ3) is 3.71. The number of amides is 1. The molecule has 146 valence electrons. The summed E-state index contributed by atoms with van der Waals surface area (Å²) in [6, 6.07) is 18.3. The van der Waals surface area contributed by atoms with Crippen LogP contribution in [0.2, 0.25) is 0 Å². The Morgan fingerprint density at radius 3 is 2.38 bits per heavy atom. The highest BCUT2D eigenvalue weighted by atomic mass is 32.1. The molecule has 0 aliphatic rings. The maximum atomic E-state index is 13.1. The van der Waals surface area contributed by atoms with E-state index in [2.05, 4.69) is 31.2 Å². The van der Waals surface area contributed by atoms with E-state index in [4.69, 9.17) is 0 Å². The number of hydrogen-bond donors (Lipinski definition) is 1. The van der Waals surface area contributed by atoms with Gasteiger partial charge in [0.15, 0.2) is 5.82 Å².